The molecule has 0 saturated heterocycles. The van der Waals surface area contributed by atoms with Crippen LogP contribution in [0, 0.1) is 10.1 Å². The van der Waals surface area contributed by atoms with E-state index in [1.165, 1.54) is 6.07 Å². The third-order valence-electron chi connectivity index (χ3n) is 4.59. The fourth-order valence-electron chi connectivity index (χ4n) is 3.12. The third kappa shape index (κ3) is 3.75. The van der Waals surface area contributed by atoms with Gasteiger partial charge in [-0.25, -0.2) is 0 Å². The molecule has 0 spiro atoms. The predicted octanol–water partition coefficient (Wildman–Crippen LogP) is 4.16. The summed E-state index contributed by atoms with van der Waals surface area (Å²) < 4.78 is 12.8. The monoisotopic (exact) mass is 420 g/mol. The average molecular weight is 421 g/mol. The maximum Gasteiger partial charge on any atom is 0.287 e. The summed E-state index contributed by atoms with van der Waals surface area (Å²) in [6.07, 6.45) is 0.103. The van der Waals surface area contributed by atoms with Crippen molar-refractivity contribution >= 4 is 21.6 Å². The van der Waals surface area contributed by atoms with Gasteiger partial charge in [0.2, 0.25) is 0 Å². The van der Waals surface area contributed by atoms with Gasteiger partial charge >= 0.3 is 0 Å². The lowest BCUT2D eigenvalue weighted by Crippen LogP contribution is -2.49. The summed E-state index contributed by atoms with van der Waals surface area (Å²) in [6, 6.07) is 13.0. The second kappa shape index (κ2) is 7.34. The predicted molar refractivity (Wildman–Crippen MR) is 102 cm³/mol. The summed E-state index contributed by atoms with van der Waals surface area (Å²) in [6.45, 7) is 4.20. The Balaban J connectivity index is 1.88. The van der Waals surface area contributed by atoms with Crippen molar-refractivity contribution in [3.63, 3.8) is 0 Å². The summed E-state index contributed by atoms with van der Waals surface area (Å²) in [5, 5.41) is 11.2. The molecule has 3 rings (SSSR count). The molecule has 0 amide bonds. The number of nitrogens with zero attached hydrogens (tertiary/aromatic N) is 1. The van der Waals surface area contributed by atoms with Crippen molar-refractivity contribution in [3.05, 3.63) is 68.2 Å². The molecule has 0 aliphatic carbocycles. The highest BCUT2D eigenvalue weighted by molar-refractivity contribution is 9.10. The molecule has 1 aliphatic rings. The summed E-state index contributed by atoms with van der Waals surface area (Å²) in [5.74, 6) is 0.522. The quantitative estimate of drug-likeness (QED) is 0.579. The summed E-state index contributed by atoms with van der Waals surface area (Å²) >= 11 is 3.27. The van der Waals surface area contributed by atoms with E-state index < -0.39 is 10.5 Å². The fraction of sp³-hybridized carbons (Fsp3) is 0.368. The van der Waals surface area contributed by atoms with Gasteiger partial charge < -0.3 is 15.2 Å². The second-order valence-electron chi connectivity index (χ2n) is 6.84. The van der Waals surface area contributed by atoms with Gasteiger partial charge in [0.25, 0.3) is 5.69 Å². The number of nitro benzene ring substituents is 1. The topological polar surface area (TPSA) is 87.6 Å². The number of fused-ring (bicyclic) bond motifs is 1. The van der Waals surface area contributed by atoms with Crippen molar-refractivity contribution < 1.29 is 14.4 Å². The first kappa shape index (κ1) is 18.8. The molecular formula is C19H21BrN2O4. The average Bonchev–Trinajstić information content (AvgIpc) is 2.60. The second-order valence-corrected chi connectivity index (χ2v) is 7.69. The molecule has 0 fully saturated rings. The number of hydrogen-bond donors (Lipinski definition) is 1. The smallest absolute Gasteiger partial charge is 0.287 e. The molecule has 26 heavy (non-hydrogen) atoms. The number of halogens is 1. The van der Waals surface area contributed by atoms with Crippen LogP contribution in [-0.2, 0) is 11.2 Å². The number of hydrogen-bond acceptors (Lipinski definition) is 5. The molecule has 2 N–H and O–H groups in total. The third-order valence-corrected chi connectivity index (χ3v) is 5.23. The van der Waals surface area contributed by atoms with Crippen LogP contribution in [0.1, 0.15) is 31.1 Å². The Bertz CT molecular complexity index is 811. The van der Waals surface area contributed by atoms with Crippen LogP contribution in [0.25, 0.3) is 0 Å². The van der Waals surface area contributed by atoms with Crippen molar-refractivity contribution in [1.29, 1.82) is 0 Å². The van der Waals surface area contributed by atoms with E-state index in [2.05, 4.69) is 15.9 Å². The molecule has 0 bridgehead atoms. The molecule has 138 valence electrons. The number of benzene rings is 2. The normalized spacial score (nSPS) is 19.3. The van der Waals surface area contributed by atoms with Crippen LogP contribution >= 0.6 is 15.9 Å². The lowest BCUT2D eigenvalue weighted by atomic mass is 9.90. The Morgan fingerprint density at radius 2 is 2.08 bits per heavy atom. The van der Waals surface area contributed by atoms with Crippen LogP contribution in [0.5, 0.6) is 5.75 Å². The highest BCUT2D eigenvalue weighted by atomic mass is 79.9. The highest BCUT2D eigenvalue weighted by Gasteiger charge is 2.40. The van der Waals surface area contributed by atoms with E-state index in [0.29, 0.717) is 23.2 Å². The Labute approximate surface area is 160 Å². The van der Waals surface area contributed by atoms with E-state index in [1.54, 1.807) is 6.07 Å². The fourth-order valence-corrected chi connectivity index (χ4v) is 3.66. The SMILES string of the molecule is CC1(C)Oc2cc([N+](=O)[O-])c(Br)cc2C[C@H]1OC(CN)c1ccccc1. The van der Waals surface area contributed by atoms with Crippen LogP contribution in [0.4, 0.5) is 5.69 Å². The number of ether oxygens (including phenoxy) is 2. The first-order valence-electron chi connectivity index (χ1n) is 8.38. The highest BCUT2D eigenvalue weighted by Crippen LogP contribution is 2.41. The van der Waals surface area contributed by atoms with Crippen LogP contribution < -0.4 is 10.5 Å². The van der Waals surface area contributed by atoms with Gasteiger partial charge in [-0.15, -0.1) is 0 Å². The molecule has 1 unspecified atom stereocenters. The summed E-state index contributed by atoms with van der Waals surface area (Å²) in [4.78, 5) is 10.7. The van der Waals surface area contributed by atoms with Gasteiger partial charge in [-0.3, -0.25) is 10.1 Å². The molecule has 6 nitrogen and oxygen atoms in total. The van der Waals surface area contributed by atoms with E-state index in [4.69, 9.17) is 15.2 Å². The van der Waals surface area contributed by atoms with E-state index in [9.17, 15) is 10.1 Å². The van der Waals surface area contributed by atoms with Crippen molar-refractivity contribution in [2.75, 3.05) is 6.54 Å². The number of nitrogens with two attached hydrogens (primary N) is 1. The summed E-state index contributed by atoms with van der Waals surface area (Å²) in [7, 11) is 0. The molecule has 0 aromatic heterocycles. The minimum Gasteiger partial charge on any atom is -0.485 e. The summed E-state index contributed by atoms with van der Waals surface area (Å²) in [5.41, 5.74) is 7.17. The van der Waals surface area contributed by atoms with Crippen molar-refractivity contribution in [1.82, 2.24) is 0 Å². The maximum atomic E-state index is 11.2. The first-order valence-corrected chi connectivity index (χ1v) is 9.17. The minimum absolute atomic E-state index is 0.0111. The van der Waals surface area contributed by atoms with Crippen molar-refractivity contribution in [2.45, 2.75) is 38.1 Å². The van der Waals surface area contributed by atoms with Gasteiger partial charge in [-0.1, -0.05) is 30.3 Å². The number of rotatable bonds is 5. The zero-order valence-electron chi connectivity index (χ0n) is 14.6. The van der Waals surface area contributed by atoms with Gasteiger partial charge in [-0.2, -0.15) is 0 Å². The van der Waals surface area contributed by atoms with Gasteiger partial charge in [0.05, 0.1) is 21.6 Å². The molecule has 1 heterocycles. The molecular weight excluding hydrogens is 400 g/mol. The zero-order valence-corrected chi connectivity index (χ0v) is 16.2. The first-order chi connectivity index (χ1) is 12.3. The van der Waals surface area contributed by atoms with Crippen LogP contribution in [-0.4, -0.2) is 23.2 Å². The Morgan fingerprint density at radius 3 is 2.69 bits per heavy atom. The van der Waals surface area contributed by atoms with E-state index in [-0.39, 0.29) is 17.9 Å². The van der Waals surface area contributed by atoms with Crippen LogP contribution in [0.3, 0.4) is 0 Å². The lowest BCUT2D eigenvalue weighted by Gasteiger charge is -2.41. The molecule has 0 saturated carbocycles. The van der Waals surface area contributed by atoms with Gasteiger partial charge in [0.15, 0.2) is 0 Å². The van der Waals surface area contributed by atoms with Gasteiger partial charge in [-0.05, 0) is 47.0 Å². The molecule has 2 atom stereocenters. The molecule has 1 aliphatic heterocycles. The van der Waals surface area contributed by atoms with Gasteiger partial charge in [0.1, 0.15) is 17.5 Å². The number of nitro groups is 1. The molecule has 0 radical (unpaired) electrons. The molecule has 2 aromatic rings. The zero-order chi connectivity index (χ0) is 18.9. The maximum absolute atomic E-state index is 11.2. The van der Waals surface area contributed by atoms with E-state index in [0.717, 1.165) is 11.1 Å². The van der Waals surface area contributed by atoms with Crippen LogP contribution in [0.15, 0.2) is 46.9 Å². The lowest BCUT2D eigenvalue weighted by molar-refractivity contribution is -0.385. The Hall–Kier alpha value is -1.96. The molecule has 2 aromatic carbocycles. The van der Waals surface area contributed by atoms with E-state index >= 15 is 0 Å². The Morgan fingerprint density at radius 1 is 1.38 bits per heavy atom. The standard InChI is InChI=1S/C19H21BrN2O4/c1-19(2)18(25-17(11-21)12-6-4-3-5-7-12)9-13-8-14(20)15(22(23)24)10-16(13)26-19/h3-8,10,17-18H,9,11,21H2,1-2H3/t17?,18-/m1/s1. The van der Waals surface area contributed by atoms with Crippen LogP contribution in [0.2, 0.25) is 0 Å². The van der Waals surface area contributed by atoms with Crippen molar-refractivity contribution in [2.24, 2.45) is 5.73 Å². The Kier molecular flexibility index (Phi) is 5.32. The molecule has 7 heteroatoms. The van der Waals surface area contributed by atoms with Gasteiger partial charge in [0, 0.05) is 13.0 Å². The minimum atomic E-state index is -0.642. The van der Waals surface area contributed by atoms with Crippen molar-refractivity contribution in [3.8, 4) is 5.75 Å². The largest absolute Gasteiger partial charge is 0.485 e. The van der Waals surface area contributed by atoms with E-state index in [1.807, 2.05) is 44.2 Å².